The number of hydrogen-bond donors (Lipinski definition) is 2. The molecule has 0 spiro atoms. The molecule has 29 heavy (non-hydrogen) atoms. The number of aromatic nitrogens is 2. The lowest BCUT2D eigenvalue weighted by molar-refractivity contribution is 0.102. The van der Waals surface area contributed by atoms with Crippen LogP contribution in [0.5, 0.6) is 0 Å². The maximum atomic E-state index is 12.8. The fourth-order valence-electron chi connectivity index (χ4n) is 3.29. The Bertz CT molecular complexity index is 1160. The minimum atomic E-state index is -3.87. The summed E-state index contributed by atoms with van der Waals surface area (Å²) < 4.78 is 28.1. The minimum Gasteiger partial charge on any atom is -0.296 e. The molecule has 0 unspecified atom stereocenters. The molecule has 1 atom stereocenters. The third kappa shape index (κ3) is 4.32. The van der Waals surface area contributed by atoms with Gasteiger partial charge in [-0.3, -0.25) is 10.1 Å². The van der Waals surface area contributed by atoms with Gasteiger partial charge in [-0.25, -0.2) is 13.1 Å². The quantitative estimate of drug-likeness (QED) is 0.578. The molecule has 150 valence electrons. The highest BCUT2D eigenvalue weighted by atomic mass is 35.5. The Balaban J connectivity index is 1.50. The van der Waals surface area contributed by atoms with Gasteiger partial charge in [0.15, 0.2) is 0 Å². The van der Waals surface area contributed by atoms with E-state index in [1.807, 2.05) is 24.3 Å². The van der Waals surface area contributed by atoms with Crippen molar-refractivity contribution in [2.45, 2.75) is 29.6 Å². The van der Waals surface area contributed by atoms with Crippen molar-refractivity contribution in [1.29, 1.82) is 0 Å². The molecule has 0 saturated heterocycles. The highest BCUT2D eigenvalue weighted by Crippen LogP contribution is 2.31. The average molecular weight is 449 g/mol. The molecule has 7 nitrogen and oxygen atoms in total. The highest BCUT2D eigenvalue weighted by Gasteiger charge is 2.28. The number of benzene rings is 2. The van der Waals surface area contributed by atoms with E-state index >= 15 is 0 Å². The molecule has 2 aromatic carbocycles. The maximum absolute atomic E-state index is 12.8. The van der Waals surface area contributed by atoms with Gasteiger partial charge in [0.25, 0.3) is 15.9 Å². The third-order valence-electron chi connectivity index (χ3n) is 4.64. The van der Waals surface area contributed by atoms with Crippen LogP contribution in [0.2, 0.25) is 5.02 Å². The summed E-state index contributed by atoms with van der Waals surface area (Å²) in [5, 5.41) is 10.5. The Hall–Kier alpha value is -2.33. The zero-order valence-corrected chi connectivity index (χ0v) is 17.5. The number of anilines is 1. The van der Waals surface area contributed by atoms with E-state index in [-0.39, 0.29) is 21.1 Å². The van der Waals surface area contributed by atoms with E-state index in [9.17, 15) is 13.2 Å². The van der Waals surface area contributed by atoms with Gasteiger partial charge in [-0.05, 0) is 42.5 Å². The molecule has 0 bridgehead atoms. The van der Waals surface area contributed by atoms with Crippen LogP contribution in [0.25, 0.3) is 0 Å². The second kappa shape index (κ2) is 8.19. The summed E-state index contributed by atoms with van der Waals surface area (Å²) in [5.41, 5.74) is 2.40. The van der Waals surface area contributed by atoms with Crippen molar-refractivity contribution < 1.29 is 13.2 Å². The van der Waals surface area contributed by atoms with Gasteiger partial charge < -0.3 is 0 Å². The molecule has 10 heteroatoms. The number of carbonyl (C=O) groups excluding carboxylic acids is 1. The molecule has 0 saturated carbocycles. The van der Waals surface area contributed by atoms with E-state index in [1.54, 1.807) is 24.3 Å². The lowest BCUT2D eigenvalue weighted by Gasteiger charge is -2.25. The third-order valence-corrected chi connectivity index (χ3v) is 7.65. The van der Waals surface area contributed by atoms with Crippen LogP contribution < -0.4 is 10.0 Å². The zero-order chi connectivity index (χ0) is 20.4. The van der Waals surface area contributed by atoms with Crippen molar-refractivity contribution in [2.24, 2.45) is 0 Å². The predicted molar refractivity (Wildman–Crippen MR) is 112 cm³/mol. The van der Waals surface area contributed by atoms with E-state index in [4.69, 9.17) is 11.6 Å². The fraction of sp³-hybridized carbons (Fsp3) is 0.211. The molecule has 2 N–H and O–H groups in total. The first-order valence-corrected chi connectivity index (χ1v) is 11.6. The monoisotopic (exact) mass is 448 g/mol. The van der Waals surface area contributed by atoms with E-state index < -0.39 is 15.9 Å². The molecule has 1 amide bonds. The first-order valence-electron chi connectivity index (χ1n) is 8.93. The molecule has 3 aromatic rings. The van der Waals surface area contributed by atoms with E-state index in [1.165, 1.54) is 0 Å². The van der Waals surface area contributed by atoms with Gasteiger partial charge in [0.05, 0.1) is 10.6 Å². The summed E-state index contributed by atoms with van der Waals surface area (Å²) in [6.07, 6.45) is 2.55. The van der Waals surface area contributed by atoms with Gasteiger partial charge in [-0.15, -0.1) is 10.2 Å². The van der Waals surface area contributed by atoms with Crippen LogP contribution in [-0.2, 0) is 16.4 Å². The predicted octanol–water partition coefficient (Wildman–Crippen LogP) is 3.80. The van der Waals surface area contributed by atoms with Crippen molar-refractivity contribution >= 4 is 44.0 Å². The zero-order valence-electron chi connectivity index (χ0n) is 15.1. The van der Waals surface area contributed by atoms with Crippen molar-refractivity contribution in [3.05, 3.63) is 70.2 Å². The first kappa shape index (κ1) is 20.0. The molecule has 0 fully saturated rings. The number of amides is 1. The molecule has 1 heterocycles. The Morgan fingerprint density at radius 3 is 2.69 bits per heavy atom. The van der Waals surface area contributed by atoms with Gasteiger partial charge in [-0.1, -0.05) is 59.3 Å². The number of carbonyl (C=O) groups is 1. The molecular weight excluding hydrogens is 432 g/mol. The number of aryl methyl sites for hydroxylation is 1. The van der Waals surface area contributed by atoms with Crippen molar-refractivity contribution in [3.8, 4) is 0 Å². The number of fused-ring (bicyclic) bond motifs is 1. The van der Waals surface area contributed by atoms with E-state index in [0.717, 1.165) is 35.3 Å². The van der Waals surface area contributed by atoms with Crippen LogP contribution in [0.4, 0.5) is 5.13 Å². The Morgan fingerprint density at radius 2 is 1.86 bits per heavy atom. The van der Waals surface area contributed by atoms with Crippen LogP contribution >= 0.6 is 22.9 Å². The standard InChI is InChI=1S/C19H17ClN4O3S2/c20-15-10-4-3-9-14(15)17(25)21-18-22-23-19(28-18)29(26,27)24-16-11-5-7-12-6-1-2-8-13(12)16/h1-4,6,8-10,16,24H,5,7,11H2,(H,21,22,25)/t16-/m1/s1. The minimum absolute atomic E-state index is 0.0827. The molecular formula is C19H17ClN4O3S2. The summed E-state index contributed by atoms with van der Waals surface area (Å²) in [7, 11) is -3.87. The smallest absolute Gasteiger partial charge is 0.270 e. The summed E-state index contributed by atoms with van der Waals surface area (Å²) in [6, 6.07) is 14.1. The first-order chi connectivity index (χ1) is 13.9. The van der Waals surface area contributed by atoms with Gasteiger partial charge in [0.1, 0.15) is 0 Å². The number of nitrogens with zero attached hydrogens (tertiary/aromatic N) is 2. The summed E-state index contributed by atoms with van der Waals surface area (Å²) in [5.74, 6) is -0.482. The Morgan fingerprint density at radius 1 is 1.10 bits per heavy atom. The number of sulfonamides is 1. The van der Waals surface area contributed by atoms with Crippen LogP contribution in [0.1, 0.15) is 40.4 Å². The maximum Gasteiger partial charge on any atom is 0.270 e. The lowest BCUT2D eigenvalue weighted by Crippen LogP contribution is -2.31. The topological polar surface area (TPSA) is 101 Å². The second-order valence-electron chi connectivity index (χ2n) is 6.57. The number of nitrogens with one attached hydrogen (secondary N) is 2. The summed E-state index contributed by atoms with van der Waals surface area (Å²) >= 11 is 6.80. The van der Waals surface area contributed by atoms with Gasteiger partial charge in [0, 0.05) is 6.04 Å². The molecule has 1 aromatic heterocycles. The Kier molecular flexibility index (Phi) is 5.64. The van der Waals surface area contributed by atoms with Gasteiger partial charge >= 0.3 is 0 Å². The summed E-state index contributed by atoms with van der Waals surface area (Å²) in [4.78, 5) is 12.3. The molecule has 0 radical (unpaired) electrons. The normalized spacial score (nSPS) is 16.2. The molecule has 1 aliphatic rings. The van der Waals surface area contributed by atoms with Crippen LogP contribution in [0.15, 0.2) is 52.9 Å². The van der Waals surface area contributed by atoms with E-state index in [2.05, 4.69) is 20.2 Å². The van der Waals surface area contributed by atoms with Crippen molar-refractivity contribution in [2.75, 3.05) is 5.32 Å². The largest absolute Gasteiger partial charge is 0.296 e. The molecule has 4 rings (SSSR count). The SMILES string of the molecule is O=C(Nc1nnc(S(=O)(=O)N[C@@H]2CCCc3ccccc32)s1)c1ccccc1Cl. The number of halogens is 1. The fourth-order valence-corrected chi connectivity index (χ4v) is 5.68. The van der Waals surface area contributed by atoms with Gasteiger partial charge in [0.2, 0.25) is 9.47 Å². The van der Waals surface area contributed by atoms with Crippen LogP contribution in [0, 0.1) is 0 Å². The number of rotatable bonds is 5. The second-order valence-corrected chi connectivity index (χ2v) is 9.84. The van der Waals surface area contributed by atoms with Crippen molar-refractivity contribution in [1.82, 2.24) is 14.9 Å². The van der Waals surface area contributed by atoms with Crippen molar-refractivity contribution in [3.63, 3.8) is 0 Å². The van der Waals surface area contributed by atoms with Gasteiger partial charge in [-0.2, -0.15) is 0 Å². The highest BCUT2D eigenvalue weighted by molar-refractivity contribution is 7.91. The number of hydrogen-bond acceptors (Lipinski definition) is 6. The Labute approximate surface area is 177 Å². The average Bonchev–Trinajstić information content (AvgIpc) is 3.18. The van der Waals surface area contributed by atoms with E-state index in [0.29, 0.717) is 11.4 Å². The molecule has 1 aliphatic carbocycles. The van der Waals surface area contributed by atoms with Crippen LogP contribution in [0.3, 0.4) is 0 Å². The molecule has 0 aliphatic heterocycles. The van der Waals surface area contributed by atoms with Crippen LogP contribution in [-0.4, -0.2) is 24.5 Å². The lowest BCUT2D eigenvalue weighted by atomic mass is 9.88. The summed E-state index contributed by atoms with van der Waals surface area (Å²) in [6.45, 7) is 0.